The van der Waals surface area contributed by atoms with Crippen molar-refractivity contribution in [2.24, 2.45) is 11.1 Å². The smallest absolute Gasteiger partial charge is 0.0305 e. The molecule has 2 unspecified atom stereocenters. The van der Waals surface area contributed by atoms with Gasteiger partial charge in [-0.25, -0.2) is 0 Å². The maximum atomic E-state index is 6.27. The molecule has 0 spiro atoms. The van der Waals surface area contributed by atoms with Crippen molar-refractivity contribution in [2.45, 2.75) is 52.0 Å². The standard InChI is InChI=1S/C14H22N2/c1-10-5-7-16-9-12(10)11-8-14(2,3)6-4-13(11)15/h5,7,9,11,13H,4,6,8,15H2,1-3H3. The first-order chi connectivity index (χ1) is 7.49. The molecule has 0 amide bonds. The first-order valence-corrected chi connectivity index (χ1v) is 6.16. The van der Waals surface area contributed by atoms with Gasteiger partial charge in [-0.2, -0.15) is 0 Å². The van der Waals surface area contributed by atoms with Gasteiger partial charge < -0.3 is 5.73 Å². The number of aryl methyl sites for hydroxylation is 1. The summed E-state index contributed by atoms with van der Waals surface area (Å²) < 4.78 is 0. The molecule has 1 aromatic rings. The van der Waals surface area contributed by atoms with Crippen LogP contribution in [0.25, 0.3) is 0 Å². The van der Waals surface area contributed by atoms with Crippen molar-refractivity contribution in [1.29, 1.82) is 0 Å². The molecular formula is C14H22N2. The van der Waals surface area contributed by atoms with Gasteiger partial charge in [0.25, 0.3) is 0 Å². The van der Waals surface area contributed by atoms with Crippen molar-refractivity contribution in [3.8, 4) is 0 Å². The predicted molar refractivity (Wildman–Crippen MR) is 67.3 cm³/mol. The number of hydrogen-bond donors (Lipinski definition) is 1. The topological polar surface area (TPSA) is 38.9 Å². The Morgan fingerprint density at radius 2 is 2.19 bits per heavy atom. The Balaban J connectivity index is 2.28. The molecule has 2 atom stereocenters. The maximum absolute atomic E-state index is 6.27. The molecule has 1 heterocycles. The third-order valence-corrected chi connectivity index (χ3v) is 3.92. The Morgan fingerprint density at radius 3 is 2.88 bits per heavy atom. The summed E-state index contributed by atoms with van der Waals surface area (Å²) >= 11 is 0. The minimum atomic E-state index is 0.302. The molecule has 0 radical (unpaired) electrons. The minimum absolute atomic E-state index is 0.302. The van der Waals surface area contributed by atoms with Crippen LogP contribution in [0.1, 0.15) is 50.2 Å². The van der Waals surface area contributed by atoms with Gasteiger partial charge in [0, 0.05) is 24.4 Å². The zero-order chi connectivity index (χ0) is 11.8. The van der Waals surface area contributed by atoms with Crippen LogP contribution in [0.4, 0.5) is 0 Å². The van der Waals surface area contributed by atoms with Crippen LogP contribution in [0.3, 0.4) is 0 Å². The van der Waals surface area contributed by atoms with Crippen LogP contribution >= 0.6 is 0 Å². The van der Waals surface area contributed by atoms with Gasteiger partial charge in [0.15, 0.2) is 0 Å². The Bertz CT molecular complexity index is 371. The van der Waals surface area contributed by atoms with Gasteiger partial charge in [-0.15, -0.1) is 0 Å². The van der Waals surface area contributed by atoms with E-state index in [1.54, 1.807) is 0 Å². The summed E-state index contributed by atoms with van der Waals surface area (Å²) in [7, 11) is 0. The number of hydrogen-bond acceptors (Lipinski definition) is 2. The second kappa shape index (κ2) is 4.17. The highest BCUT2D eigenvalue weighted by atomic mass is 14.7. The molecule has 1 aliphatic rings. The molecule has 2 N–H and O–H groups in total. The Labute approximate surface area is 98.3 Å². The third kappa shape index (κ3) is 2.27. The molecule has 16 heavy (non-hydrogen) atoms. The summed E-state index contributed by atoms with van der Waals surface area (Å²) in [5, 5.41) is 0. The molecule has 2 nitrogen and oxygen atoms in total. The fraction of sp³-hybridized carbons (Fsp3) is 0.643. The van der Waals surface area contributed by atoms with Crippen LogP contribution in [0.2, 0.25) is 0 Å². The third-order valence-electron chi connectivity index (χ3n) is 3.92. The van der Waals surface area contributed by atoms with Crippen LogP contribution in [0, 0.1) is 12.3 Å². The number of aromatic nitrogens is 1. The molecule has 1 saturated carbocycles. The summed E-state index contributed by atoms with van der Waals surface area (Å²) in [6, 6.07) is 2.39. The van der Waals surface area contributed by atoms with Crippen molar-refractivity contribution in [3.63, 3.8) is 0 Å². The highest BCUT2D eigenvalue weighted by Gasteiger charge is 2.34. The zero-order valence-electron chi connectivity index (χ0n) is 10.5. The molecule has 0 aliphatic heterocycles. The van der Waals surface area contributed by atoms with Gasteiger partial charge in [-0.3, -0.25) is 4.98 Å². The molecule has 1 fully saturated rings. The van der Waals surface area contributed by atoms with Crippen LogP contribution in [-0.2, 0) is 0 Å². The maximum Gasteiger partial charge on any atom is 0.0305 e. The van der Waals surface area contributed by atoms with Crippen LogP contribution < -0.4 is 5.73 Å². The zero-order valence-corrected chi connectivity index (χ0v) is 10.5. The molecule has 1 aromatic heterocycles. The quantitative estimate of drug-likeness (QED) is 0.787. The Morgan fingerprint density at radius 1 is 1.44 bits per heavy atom. The molecule has 2 heteroatoms. The minimum Gasteiger partial charge on any atom is -0.327 e. The number of rotatable bonds is 1. The van der Waals surface area contributed by atoms with E-state index in [4.69, 9.17) is 5.73 Å². The van der Waals surface area contributed by atoms with E-state index >= 15 is 0 Å². The van der Waals surface area contributed by atoms with Gasteiger partial charge in [-0.05, 0) is 48.8 Å². The molecule has 0 aromatic carbocycles. The Kier molecular flexibility index (Phi) is 3.02. The van der Waals surface area contributed by atoms with Crippen molar-refractivity contribution in [2.75, 3.05) is 0 Å². The van der Waals surface area contributed by atoms with Gasteiger partial charge in [-0.1, -0.05) is 13.8 Å². The fourth-order valence-electron chi connectivity index (χ4n) is 2.81. The lowest BCUT2D eigenvalue weighted by Crippen LogP contribution is -2.38. The second-order valence-electron chi connectivity index (χ2n) is 5.91. The summed E-state index contributed by atoms with van der Waals surface area (Å²) in [4.78, 5) is 4.25. The molecule has 88 valence electrons. The monoisotopic (exact) mass is 218 g/mol. The fourth-order valence-corrected chi connectivity index (χ4v) is 2.81. The van der Waals surface area contributed by atoms with Crippen LogP contribution in [0.5, 0.6) is 0 Å². The van der Waals surface area contributed by atoms with E-state index in [9.17, 15) is 0 Å². The van der Waals surface area contributed by atoms with Gasteiger partial charge in [0.05, 0.1) is 0 Å². The van der Waals surface area contributed by atoms with E-state index < -0.39 is 0 Å². The molecule has 0 bridgehead atoms. The highest BCUT2D eigenvalue weighted by molar-refractivity contribution is 5.28. The van der Waals surface area contributed by atoms with Crippen LogP contribution in [0.15, 0.2) is 18.5 Å². The summed E-state index contributed by atoms with van der Waals surface area (Å²) in [5.41, 5.74) is 9.37. The molecular weight excluding hydrogens is 196 g/mol. The lowest BCUT2D eigenvalue weighted by Gasteiger charge is -2.39. The van der Waals surface area contributed by atoms with E-state index in [1.807, 2.05) is 12.4 Å². The second-order valence-corrected chi connectivity index (χ2v) is 5.91. The van der Waals surface area contributed by atoms with Gasteiger partial charge in [0.2, 0.25) is 0 Å². The largest absolute Gasteiger partial charge is 0.327 e. The van der Waals surface area contributed by atoms with Crippen molar-refractivity contribution >= 4 is 0 Å². The molecule has 0 saturated heterocycles. The number of nitrogens with two attached hydrogens (primary N) is 1. The summed E-state index contributed by atoms with van der Waals surface area (Å²) in [6.45, 7) is 6.85. The van der Waals surface area contributed by atoms with E-state index in [1.165, 1.54) is 24.0 Å². The normalized spacial score (nSPS) is 29.0. The first-order valence-electron chi connectivity index (χ1n) is 6.16. The SMILES string of the molecule is Cc1ccncc1C1CC(C)(C)CCC1N. The van der Waals surface area contributed by atoms with Crippen molar-refractivity contribution < 1.29 is 0 Å². The lowest BCUT2D eigenvalue weighted by atomic mass is 9.68. The van der Waals surface area contributed by atoms with Gasteiger partial charge >= 0.3 is 0 Å². The molecule has 2 rings (SSSR count). The summed E-state index contributed by atoms with van der Waals surface area (Å²) in [6.07, 6.45) is 7.41. The van der Waals surface area contributed by atoms with E-state index in [0.29, 0.717) is 17.4 Å². The Hall–Kier alpha value is -0.890. The number of pyridine rings is 1. The predicted octanol–water partition coefficient (Wildman–Crippen LogP) is 3.01. The van der Waals surface area contributed by atoms with E-state index in [0.717, 1.165) is 6.42 Å². The number of nitrogens with zero attached hydrogens (tertiary/aromatic N) is 1. The van der Waals surface area contributed by atoms with Crippen molar-refractivity contribution in [1.82, 2.24) is 4.98 Å². The van der Waals surface area contributed by atoms with Gasteiger partial charge in [0.1, 0.15) is 0 Å². The van der Waals surface area contributed by atoms with Crippen LogP contribution in [-0.4, -0.2) is 11.0 Å². The average molecular weight is 218 g/mol. The highest BCUT2D eigenvalue weighted by Crippen LogP contribution is 2.43. The van der Waals surface area contributed by atoms with E-state index in [2.05, 4.69) is 31.8 Å². The van der Waals surface area contributed by atoms with Crippen molar-refractivity contribution in [3.05, 3.63) is 29.6 Å². The van der Waals surface area contributed by atoms with E-state index in [-0.39, 0.29) is 0 Å². The summed E-state index contributed by atoms with van der Waals surface area (Å²) in [5.74, 6) is 0.484. The first kappa shape index (κ1) is 11.6. The lowest BCUT2D eigenvalue weighted by molar-refractivity contribution is 0.198. The average Bonchev–Trinajstić information content (AvgIpc) is 2.23. The molecule has 1 aliphatic carbocycles.